The van der Waals surface area contributed by atoms with Crippen LogP contribution < -0.4 is 5.32 Å². The lowest BCUT2D eigenvalue weighted by atomic mass is 10.0. The maximum absolute atomic E-state index is 5.21. The second-order valence-corrected chi connectivity index (χ2v) is 7.90. The summed E-state index contributed by atoms with van der Waals surface area (Å²) in [6, 6.07) is 0.314. The summed E-state index contributed by atoms with van der Waals surface area (Å²) in [4.78, 5) is 0. The van der Waals surface area contributed by atoms with Gasteiger partial charge in [-0.3, -0.25) is 4.68 Å². The van der Waals surface area contributed by atoms with E-state index in [2.05, 4.69) is 65.6 Å². The number of aromatic nitrogens is 2. The molecule has 4 nitrogen and oxygen atoms in total. The minimum Gasteiger partial charge on any atom is -0.383 e. The molecular weight excluding hydrogens is 330 g/mol. The third-order valence-corrected chi connectivity index (χ3v) is 6.14. The third kappa shape index (κ3) is 2.80. The molecule has 0 radical (unpaired) electrons. The maximum atomic E-state index is 5.21. The van der Waals surface area contributed by atoms with Crippen LogP contribution in [-0.4, -0.2) is 30.0 Å². The Kier molecular flexibility index (Phi) is 4.86. The number of hydrogen-bond acceptors (Lipinski definition) is 3. The molecule has 1 aliphatic carbocycles. The van der Waals surface area contributed by atoms with Crippen LogP contribution in [0.4, 0.5) is 0 Å². The molecule has 5 heteroatoms. The summed E-state index contributed by atoms with van der Waals surface area (Å²) in [5.74, 6) is 0.597. The lowest BCUT2D eigenvalue weighted by Crippen LogP contribution is -2.28. The van der Waals surface area contributed by atoms with Gasteiger partial charge in [0.2, 0.25) is 0 Å². The molecule has 1 atom stereocenters. The van der Waals surface area contributed by atoms with Crippen LogP contribution in [0.3, 0.4) is 0 Å². The van der Waals surface area contributed by atoms with Crippen molar-refractivity contribution in [2.24, 2.45) is 16.7 Å². The van der Waals surface area contributed by atoms with Gasteiger partial charge in [-0.15, -0.1) is 0 Å². The van der Waals surface area contributed by atoms with Gasteiger partial charge in [-0.2, -0.15) is 5.10 Å². The Morgan fingerprint density at radius 1 is 1.38 bits per heavy atom. The van der Waals surface area contributed by atoms with Crippen LogP contribution in [0.1, 0.15) is 46.4 Å². The highest BCUT2D eigenvalue weighted by molar-refractivity contribution is 9.10. The van der Waals surface area contributed by atoms with E-state index in [0.29, 0.717) is 29.4 Å². The van der Waals surface area contributed by atoms with E-state index in [9.17, 15) is 0 Å². The Morgan fingerprint density at radius 3 is 2.48 bits per heavy atom. The van der Waals surface area contributed by atoms with Crippen LogP contribution >= 0.6 is 15.9 Å². The van der Waals surface area contributed by atoms with Gasteiger partial charge in [0, 0.05) is 7.11 Å². The first-order chi connectivity index (χ1) is 9.79. The van der Waals surface area contributed by atoms with Gasteiger partial charge < -0.3 is 10.1 Å². The van der Waals surface area contributed by atoms with Crippen LogP contribution in [0.25, 0.3) is 0 Å². The van der Waals surface area contributed by atoms with Crippen molar-refractivity contribution in [3.05, 3.63) is 16.4 Å². The van der Waals surface area contributed by atoms with Crippen molar-refractivity contribution in [1.29, 1.82) is 0 Å². The van der Waals surface area contributed by atoms with Crippen molar-refractivity contribution in [3.63, 3.8) is 0 Å². The number of halogens is 1. The fourth-order valence-electron chi connectivity index (χ4n) is 3.71. The molecule has 120 valence electrons. The summed E-state index contributed by atoms with van der Waals surface area (Å²) < 4.78 is 8.37. The van der Waals surface area contributed by atoms with Crippen LogP contribution in [-0.2, 0) is 11.3 Å². The van der Waals surface area contributed by atoms with Gasteiger partial charge in [0.15, 0.2) is 0 Å². The summed E-state index contributed by atoms with van der Waals surface area (Å²) in [5.41, 5.74) is 1.91. The van der Waals surface area contributed by atoms with E-state index < -0.39 is 0 Å². The van der Waals surface area contributed by atoms with Gasteiger partial charge in [0.25, 0.3) is 0 Å². The highest BCUT2D eigenvalue weighted by atomic mass is 79.9. The molecule has 2 rings (SSSR count). The quantitative estimate of drug-likeness (QED) is 0.809. The highest BCUT2D eigenvalue weighted by Gasteiger charge is 2.67. The van der Waals surface area contributed by atoms with Crippen molar-refractivity contribution in [2.45, 2.75) is 47.2 Å². The van der Waals surface area contributed by atoms with E-state index in [4.69, 9.17) is 4.74 Å². The minimum atomic E-state index is 0.314. The topological polar surface area (TPSA) is 39.1 Å². The average molecular weight is 358 g/mol. The normalized spacial score (nSPS) is 21.5. The summed E-state index contributed by atoms with van der Waals surface area (Å²) >= 11 is 3.69. The molecule has 1 heterocycles. The van der Waals surface area contributed by atoms with Gasteiger partial charge in [-0.05, 0) is 39.2 Å². The summed E-state index contributed by atoms with van der Waals surface area (Å²) in [6.07, 6.45) is 1.90. The van der Waals surface area contributed by atoms with E-state index in [0.717, 1.165) is 17.6 Å². The Balaban J connectivity index is 2.34. The average Bonchev–Trinajstić information content (AvgIpc) is 2.69. The highest BCUT2D eigenvalue weighted by Crippen LogP contribution is 2.72. The van der Waals surface area contributed by atoms with Crippen molar-refractivity contribution in [1.82, 2.24) is 15.1 Å². The Hall–Kier alpha value is -0.390. The molecule has 0 spiro atoms. The van der Waals surface area contributed by atoms with Crippen LogP contribution in [0.15, 0.2) is 10.7 Å². The molecule has 1 aliphatic rings. The third-order valence-electron chi connectivity index (χ3n) is 5.52. The second kappa shape index (κ2) is 6.01. The fraction of sp³-hybridized carbons (Fsp3) is 0.812. The van der Waals surface area contributed by atoms with Gasteiger partial charge in [-0.1, -0.05) is 34.6 Å². The predicted octanol–water partition coefficient (Wildman–Crippen LogP) is 3.62. The number of methoxy groups -OCH3 is 1. The lowest BCUT2D eigenvalue weighted by molar-refractivity contribution is 0.181. The first-order valence-electron chi connectivity index (χ1n) is 7.72. The Morgan fingerprint density at radius 2 is 2.00 bits per heavy atom. The zero-order valence-corrected chi connectivity index (χ0v) is 15.6. The van der Waals surface area contributed by atoms with Crippen LogP contribution in [0.2, 0.25) is 0 Å². The molecule has 21 heavy (non-hydrogen) atoms. The zero-order chi connectivity index (χ0) is 15.8. The van der Waals surface area contributed by atoms with Gasteiger partial charge in [0.05, 0.1) is 35.6 Å². The first-order valence-corrected chi connectivity index (χ1v) is 8.51. The maximum Gasteiger partial charge on any atom is 0.0699 e. The SMILES string of the molecule is CCNC(c1c(Br)cnn1CCOC)C1C(C)(C)C1(C)C. The van der Waals surface area contributed by atoms with Crippen LogP contribution in [0, 0.1) is 16.7 Å². The van der Waals surface area contributed by atoms with Gasteiger partial charge in [0.1, 0.15) is 0 Å². The molecule has 1 aromatic rings. The molecule has 0 aromatic carbocycles. The van der Waals surface area contributed by atoms with Crippen molar-refractivity contribution >= 4 is 15.9 Å². The van der Waals surface area contributed by atoms with E-state index in [1.165, 1.54) is 5.69 Å². The van der Waals surface area contributed by atoms with Gasteiger partial charge >= 0.3 is 0 Å². The molecule has 1 saturated carbocycles. The molecule has 0 saturated heterocycles. The molecule has 1 fully saturated rings. The molecule has 0 amide bonds. The lowest BCUT2D eigenvalue weighted by Gasteiger charge is -2.22. The smallest absolute Gasteiger partial charge is 0.0699 e. The molecule has 1 unspecified atom stereocenters. The van der Waals surface area contributed by atoms with E-state index in [1.54, 1.807) is 7.11 Å². The molecule has 1 N–H and O–H groups in total. The Labute approximate surface area is 136 Å². The van der Waals surface area contributed by atoms with Crippen molar-refractivity contribution < 1.29 is 4.74 Å². The van der Waals surface area contributed by atoms with E-state index in [-0.39, 0.29) is 0 Å². The van der Waals surface area contributed by atoms with E-state index in [1.807, 2.05) is 6.20 Å². The van der Waals surface area contributed by atoms with Crippen LogP contribution in [0.5, 0.6) is 0 Å². The van der Waals surface area contributed by atoms with Gasteiger partial charge in [-0.25, -0.2) is 0 Å². The summed E-state index contributed by atoms with van der Waals surface area (Å²) in [6.45, 7) is 14.0. The molecular formula is C16H28BrN3O. The molecule has 1 aromatic heterocycles. The first kappa shape index (κ1) is 17.0. The summed E-state index contributed by atoms with van der Waals surface area (Å²) in [5, 5.41) is 8.20. The number of nitrogens with one attached hydrogen (secondary N) is 1. The number of hydrogen-bond donors (Lipinski definition) is 1. The number of ether oxygens (including phenoxy) is 1. The Bertz CT molecular complexity index is 482. The second-order valence-electron chi connectivity index (χ2n) is 7.05. The minimum absolute atomic E-state index is 0.314. The molecule has 0 aliphatic heterocycles. The van der Waals surface area contributed by atoms with Crippen molar-refractivity contribution in [3.8, 4) is 0 Å². The van der Waals surface area contributed by atoms with Crippen molar-refractivity contribution in [2.75, 3.05) is 20.3 Å². The molecule has 0 bridgehead atoms. The number of rotatable bonds is 7. The fourth-order valence-corrected chi connectivity index (χ4v) is 4.25. The predicted molar refractivity (Wildman–Crippen MR) is 89.3 cm³/mol. The standard InChI is InChI=1S/C16H28BrN3O/c1-7-18-12(14-15(2,3)16(14,4)5)13-11(17)10-19-20(13)8-9-21-6/h10,12,14,18H,7-9H2,1-6H3. The monoisotopic (exact) mass is 357 g/mol. The van der Waals surface area contributed by atoms with E-state index >= 15 is 0 Å². The zero-order valence-electron chi connectivity index (χ0n) is 14.0. The summed E-state index contributed by atoms with van der Waals surface area (Å²) in [7, 11) is 1.73. The largest absolute Gasteiger partial charge is 0.383 e. The number of nitrogens with zero attached hydrogens (tertiary/aromatic N) is 2.